The van der Waals surface area contributed by atoms with Crippen molar-refractivity contribution in [2.24, 2.45) is 11.3 Å². The van der Waals surface area contributed by atoms with Gasteiger partial charge in [-0.15, -0.1) is 0 Å². The van der Waals surface area contributed by atoms with Crippen molar-refractivity contribution >= 4 is 23.6 Å². The van der Waals surface area contributed by atoms with Crippen LogP contribution in [0.3, 0.4) is 0 Å². The molecule has 0 aromatic heterocycles. The Kier molecular flexibility index (Phi) is 4.29. The molecule has 29 heavy (non-hydrogen) atoms. The van der Waals surface area contributed by atoms with Crippen molar-refractivity contribution in [3.05, 3.63) is 34.9 Å². The Morgan fingerprint density at radius 1 is 1.07 bits per heavy atom. The van der Waals surface area contributed by atoms with Crippen LogP contribution < -0.4 is 16.0 Å². The summed E-state index contributed by atoms with van der Waals surface area (Å²) in [6.07, 6.45) is 2.83. The zero-order chi connectivity index (χ0) is 20.2. The van der Waals surface area contributed by atoms with Gasteiger partial charge in [-0.05, 0) is 54.8 Å². The van der Waals surface area contributed by atoms with Crippen LogP contribution in [0.4, 0.5) is 0 Å². The number of nitrogens with zero attached hydrogens (tertiary/aromatic N) is 1. The summed E-state index contributed by atoms with van der Waals surface area (Å²) < 4.78 is 0. The van der Waals surface area contributed by atoms with Gasteiger partial charge in [-0.1, -0.05) is 6.07 Å². The second-order valence-corrected chi connectivity index (χ2v) is 8.84. The number of carbonyl (C=O) groups is 4. The van der Waals surface area contributed by atoms with Crippen LogP contribution in [0.2, 0.25) is 0 Å². The lowest BCUT2D eigenvalue weighted by molar-refractivity contribution is -0.136. The van der Waals surface area contributed by atoms with Crippen LogP contribution in [-0.2, 0) is 16.1 Å². The molecule has 3 N–H and O–H groups in total. The molecule has 1 atom stereocenters. The molecule has 1 aliphatic carbocycles. The summed E-state index contributed by atoms with van der Waals surface area (Å²) in [6, 6.07) is 4.33. The number of hydrogen-bond acceptors (Lipinski definition) is 6. The maximum atomic E-state index is 12.8. The Hall–Kier alpha value is -2.58. The van der Waals surface area contributed by atoms with E-state index in [1.165, 1.54) is 12.8 Å². The van der Waals surface area contributed by atoms with E-state index >= 15 is 0 Å². The van der Waals surface area contributed by atoms with Crippen molar-refractivity contribution < 1.29 is 19.2 Å². The number of rotatable bonds is 5. The average molecular weight is 396 g/mol. The van der Waals surface area contributed by atoms with E-state index in [-0.39, 0.29) is 18.7 Å². The van der Waals surface area contributed by atoms with E-state index in [9.17, 15) is 19.2 Å². The maximum absolute atomic E-state index is 12.8. The van der Waals surface area contributed by atoms with Crippen molar-refractivity contribution in [3.8, 4) is 0 Å². The average Bonchev–Trinajstić information content (AvgIpc) is 2.86. The lowest BCUT2D eigenvalue weighted by Crippen LogP contribution is -2.61. The highest BCUT2D eigenvalue weighted by molar-refractivity contribution is 6.23. The SMILES string of the molecule is O=C1CCC(N2C(=O)c3ccc(CNCC4CC5(CNC5)C4)cc3C2=O)C(=O)N1. The van der Waals surface area contributed by atoms with Crippen LogP contribution in [0, 0.1) is 11.3 Å². The number of nitrogens with one attached hydrogen (secondary N) is 3. The molecular formula is C21H24N4O4. The fourth-order valence-corrected chi connectivity index (χ4v) is 5.13. The minimum absolute atomic E-state index is 0.123. The van der Waals surface area contributed by atoms with Crippen molar-refractivity contribution in [2.45, 2.75) is 38.3 Å². The van der Waals surface area contributed by atoms with Gasteiger partial charge < -0.3 is 10.6 Å². The van der Waals surface area contributed by atoms with Crippen LogP contribution >= 0.6 is 0 Å². The Morgan fingerprint density at radius 2 is 1.83 bits per heavy atom. The second-order valence-electron chi connectivity index (χ2n) is 8.84. The molecule has 0 bridgehead atoms. The molecule has 4 amide bonds. The lowest BCUT2D eigenvalue weighted by Gasteiger charge is -2.54. The lowest BCUT2D eigenvalue weighted by atomic mass is 9.58. The summed E-state index contributed by atoms with van der Waals surface area (Å²) in [5.74, 6) is -1.18. The number of hydrogen-bond donors (Lipinski definition) is 3. The first kappa shape index (κ1) is 18.4. The molecule has 0 radical (unpaired) electrons. The number of imide groups is 2. The maximum Gasteiger partial charge on any atom is 0.262 e. The van der Waals surface area contributed by atoms with E-state index in [1.54, 1.807) is 12.1 Å². The molecule has 3 heterocycles. The third kappa shape index (κ3) is 3.07. The molecule has 1 aromatic carbocycles. The Labute approximate surface area is 168 Å². The van der Waals surface area contributed by atoms with Gasteiger partial charge in [-0.2, -0.15) is 0 Å². The first-order valence-corrected chi connectivity index (χ1v) is 10.2. The van der Waals surface area contributed by atoms with Gasteiger partial charge in [0.15, 0.2) is 0 Å². The second kappa shape index (κ2) is 6.74. The van der Waals surface area contributed by atoms with E-state index < -0.39 is 23.8 Å². The molecule has 1 unspecified atom stereocenters. The Balaban J connectivity index is 1.22. The number of benzene rings is 1. The van der Waals surface area contributed by atoms with E-state index in [0.29, 0.717) is 29.0 Å². The standard InChI is InChI=1S/C21H24N4O4/c26-17-4-3-16(18(27)24-17)25-19(28)14-2-1-12(5-15(14)20(25)29)8-22-9-13-6-21(7-13)10-23-11-21/h1-2,5,13,16,22-23H,3-4,6-11H2,(H,24,26,27). The molecule has 152 valence electrons. The fraction of sp³-hybridized carbons (Fsp3) is 0.524. The first-order chi connectivity index (χ1) is 14.0. The first-order valence-electron chi connectivity index (χ1n) is 10.2. The molecule has 2 saturated heterocycles. The zero-order valence-electron chi connectivity index (χ0n) is 16.1. The summed E-state index contributed by atoms with van der Waals surface area (Å²) in [6.45, 7) is 3.88. The molecule has 5 rings (SSSR count). The molecule has 3 fully saturated rings. The third-order valence-electron chi connectivity index (χ3n) is 6.71. The number of amides is 4. The summed E-state index contributed by atoms with van der Waals surface area (Å²) in [7, 11) is 0. The van der Waals surface area contributed by atoms with Crippen molar-refractivity contribution in [1.82, 2.24) is 20.9 Å². The fourth-order valence-electron chi connectivity index (χ4n) is 5.13. The van der Waals surface area contributed by atoms with Gasteiger partial charge in [0.1, 0.15) is 6.04 Å². The predicted molar refractivity (Wildman–Crippen MR) is 103 cm³/mol. The number of piperidine rings is 1. The smallest absolute Gasteiger partial charge is 0.262 e. The molecule has 4 aliphatic rings. The van der Waals surface area contributed by atoms with Gasteiger partial charge in [0, 0.05) is 26.1 Å². The molecule has 8 heteroatoms. The molecule has 8 nitrogen and oxygen atoms in total. The zero-order valence-corrected chi connectivity index (χ0v) is 16.1. The van der Waals surface area contributed by atoms with Gasteiger partial charge in [0.05, 0.1) is 11.1 Å². The molecule has 1 aromatic rings. The van der Waals surface area contributed by atoms with Gasteiger partial charge >= 0.3 is 0 Å². The van der Waals surface area contributed by atoms with Gasteiger partial charge in [0.2, 0.25) is 11.8 Å². The monoisotopic (exact) mass is 396 g/mol. The summed E-state index contributed by atoms with van der Waals surface area (Å²) >= 11 is 0. The number of fused-ring (bicyclic) bond motifs is 1. The van der Waals surface area contributed by atoms with Crippen LogP contribution in [0.5, 0.6) is 0 Å². The van der Waals surface area contributed by atoms with Crippen LogP contribution in [0.25, 0.3) is 0 Å². The highest BCUT2D eigenvalue weighted by Crippen LogP contribution is 2.47. The van der Waals surface area contributed by atoms with Gasteiger partial charge in [-0.3, -0.25) is 29.4 Å². The highest BCUT2D eigenvalue weighted by atomic mass is 16.2. The number of carbonyl (C=O) groups excluding carboxylic acids is 4. The van der Waals surface area contributed by atoms with Crippen LogP contribution in [-0.4, -0.2) is 54.2 Å². The Bertz CT molecular complexity index is 915. The van der Waals surface area contributed by atoms with E-state index in [0.717, 1.165) is 30.1 Å². The van der Waals surface area contributed by atoms with Gasteiger partial charge in [0.25, 0.3) is 11.8 Å². The van der Waals surface area contributed by atoms with E-state index in [2.05, 4.69) is 16.0 Å². The van der Waals surface area contributed by atoms with E-state index in [4.69, 9.17) is 0 Å². The minimum Gasteiger partial charge on any atom is -0.316 e. The topological polar surface area (TPSA) is 108 Å². The van der Waals surface area contributed by atoms with E-state index in [1.807, 2.05) is 6.07 Å². The summed E-state index contributed by atoms with van der Waals surface area (Å²) in [4.78, 5) is 50.0. The highest BCUT2D eigenvalue weighted by Gasteiger charge is 2.48. The molecular weight excluding hydrogens is 372 g/mol. The minimum atomic E-state index is -0.923. The predicted octanol–water partition coefficient (Wildman–Crippen LogP) is 0.177. The van der Waals surface area contributed by atoms with Gasteiger partial charge in [-0.25, -0.2) is 0 Å². The van der Waals surface area contributed by atoms with Crippen molar-refractivity contribution in [1.29, 1.82) is 0 Å². The molecule has 1 spiro atoms. The Morgan fingerprint density at radius 3 is 2.52 bits per heavy atom. The largest absolute Gasteiger partial charge is 0.316 e. The summed E-state index contributed by atoms with van der Waals surface area (Å²) in [5.41, 5.74) is 2.16. The molecule has 1 saturated carbocycles. The third-order valence-corrected chi connectivity index (χ3v) is 6.71. The molecule has 3 aliphatic heterocycles. The van der Waals surface area contributed by atoms with Crippen LogP contribution in [0.1, 0.15) is 52.0 Å². The quantitative estimate of drug-likeness (QED) is 0.613. The summed E-state index contributed by atoms with van der Waals surface area (Å²) in [5, 5.41) is 9.02. The van der Waals surface area contributed by atoms with Crippen LogP contribution in [0.15, 0.2) is 18.2 Å². The van der Waals surface area contributed by atoms with Crippen molar-refractivity contribution in [3.63, 3.8) is 0 Å². The van der Waals surface area contributed by atoms with Crippen molar-refractivity contribution in [2.75, 3.05) is 19.6 Å². The normalized spacial score (nSPS) is 25.7.